The second-order valence-electron chi connectivity index (χ2n) is 6.55. The molecule has 1 aliphatic heterocycles. The van der Waals surface area contributed by atoms with E-state index in [9.17, 15) is 9.59 Å². The van der Waals surface area contributed by atoms with Crippen molar-refractivity contribution < 1.29 is 18.4 Å². The number of carbonyl (C=O) groups is 2. The van der Waals surface area contributed by atoms with Gasteiger partial charge in [0.15, 0.2) is 5.76 Å². The molecule has 3 aromatic rings. The summed E-state index contributed by atoms with van der Waals surface area (Å²) in [5.74, 6) is 1.26. The highest BCUT2D eigenvalue weighted by molar-refractivity contribution is 5.93. The summed E-state index contributed by atoms with van der Waals surface area (Å²) in [6.07, 6.45) is 4.80. The summed E-state index contributed by atoms with van der Waals surface area (Å²) >= 11 is 0. The van der Waals surface area contributed by atoms with Crippen molar-refractivity contribution in [3.05, 3.63) is 65.5 Å². The summed E-state index contributed by atoms with van der Waals surface area (Å²) in [6, 6.07) is 5.07. The molecule has 2 amide bonds. The zero-order valence-corrected chi connectivity index (χ0v) is 15.1. The maximum absolute atomic E-state index is 12.8. The number of amides is 2. The molecule has 4 rings (SSSR count). The van der Waals surface area contributed by atoms with Crippen LogP contribution in [0.1, 0.15) is 51.2 Å². The van der Waals surface area contributed by atoms with Gasteiger partial charge in [-0.2, -0.15) is 0 Å². The number of nitrogens with one attached hydrogen (secondary N) is 1. The van der Waals surface area contributed by atoms with Crippen molar-refractivity contribution in [1.29, 1.82) is 0 Å². The maximum Gasteiger partial charge on any atom is 0.290 e. The van der Waals surface area contributed by atoms with Crippen LogP contribution in [0.25, 0.3) is 0 Å². The van der Waals surface area contributed by atoms with Crippen LogP contribution in [0, 0.1) is 6.92 Å². The second-order valence-corrected chi connectivity index (χ2v) is 6.55. The van der Waals surface area contributed by atoms with Crippen molar-refractivity contribution in [2.75, 3.05) is 6.54 Å². The van der Waals surface area contributed by atoms with Gasteiger partial charge in [-0.25, -0.2) is 4.98 Å². The van der Waals surface area contributed by atoms with E-state index in [-0.39, 0.29) is 17.9 Å². The van der Waals surface area contributed by atoms with Crippen molar-refractivity contribution in [3.8, 4) is 0 Å². The Kier molecular flexibility index (Phi) is 4.31. The minimum Gasteiger partial charge on any atom is -0.467 e. The molecular formula is C19H20N4O4. The highest BCUT2D eigenvalue weighted by Gasteiger charge is 2.32. The SMILES string of the molecule is Cc1ccoc1C(=O)N1CCn2cc(C(=O)NCc3ccco3)nc2[C@H]1C. The van der Waals surface area contributed by atoms with Gasteiger partial charge < -0.3 is 23.6 Å². The van der Waals surface area contributed by atoms with E-state index in [0.29, 0.717) is 42.7 Å². The number of hydrogen-bond donors (Lipinski definition) is 1. The van der Waals surface area contributed by atoms with Gasteiger partial charge in [-0.1, -0.05) is 0 Å². The molecule has 3 aromatic heterocycles. The molecule has 0 fully saturated rings. The first-order valence-electron chi connectivity index (χ1n) is 8.77. The highest BCUT2D eigenvalue weighted by atomic mass is 16.3. The predicted molar refractivity (Wildman–Crippen MR) is 95.0 cm³/mol. The largest absolute Gasteiger partial charge is 0.467 e. The van der Waals surface area contributed by atoms with Gasteiger partial charge in [0.25, 0.3) is 11.8 Å². The molecule has 0 saturated carbocycles. The van der Waals surface area contributed by atoms with E-state index in [1.807, 2.05) is 18.4 Å². The van der Waals surface area contributed by atoms with Gasteiger partial charge in [0.1, 0.15) is 17.3 Å². The molecule has 4 heterocycles. The average Bonchev–Trinajstić information content (AvgIpc) is 3.40. The molecule has 27 heavy (non-hydrogen) atoms. The molecule has 140 valence electrons. The Morgan fingerprint density at radius 3 is 2.81 bits per heavy atom. The Morgan fingerprint density at radius 2 is 2.11 bits per heavy atom. The summed E-state index contributed by atoms with van der Waals surface area (Å²) in [5.41, 5.74) is 1.13. The fraction of sp³-hybridized carbons (Fsp3) is 0.316. The molecule has 1 atom stereocenters. The smallest absolute Gasteiger partial charge is 0.290 e. The van der Waals surface area contributed by atoms with E-state index >= 15 is 0 Å². The summed E-state index contributed by atoms with van der Waals surface area (Å²) in [7, 11) is 0. The van der Waals surface area contributed by atoms with Gasteiger partial charge in [0.05, 0.1) is 25.1 Å². The molecule has 0 aliphatic carbocycles. The summed E-state index contributed by atoms with van der Waals surface area (Å²) in [5, 5.41) is 2.79. The Morgan fingerprint density at radius 1 is 1.26 bits per heavy atom. The van der Waals surface area contributed by atoms with Crippen LogP contribution < -0.4 is 5.32 Å². The third kappa shape index (κ3) is 3.14. The first kappa shape index (κ1) is 17.1. The van der Waals surface area contributed by atoms with E-state index < -0.39 is 0 Å². The number of imidazole rings is 1. The molecule has 0 bridgehead atoms. The van der Waals surface area contributed by atoms with E-state index in [1.54, 1.807) is 35.6 Å². The first-order chi connectivity index (χ1) is 13.0. The highest BCUT2D eigenvalue weighted by Crippen LogP contribution is 2.27. The number of hydrogen-bond acceptors (Lipinski definition) is 5. The van der Waals surface area contributed by atoms with Gasteiger partial charge in [-0.15, -0.1) is 0 Å². The maximum atomic E-state index is 12.8. The third-order valence-electron chi connectivity index (χ3n) is 4.78. The predicted octanol–water partition coefficient (Wildman–Crippen LogP) is 2.52. The number of carbonyl (C=O) groups excluding carboxylic acids is 2. The molecule has 0 radical (unpaired) electrons. The number of rotatable bonds is 4. The fourth-order valence-corrected chi connectivity index (χ4v) is 3.27. The Bertz CT molecular complexity index is 970. The van der Waals surface area contributed by atoms with Gasteiger partial charge in [0.2, 0.25) is 0 Å². The lowest BCUT2D eigenvalue weighted by Gasteiger charge is -2.33. The fourth-order valence-electron chi connectivity index (χ4n) is 3.27. The lowest BCUT2D eigenvalue weighted by molar-refractivity contribution is 0.0604. The Hall–Kier alpha value is -3.29. The van der Waals surface area contributed by atoms with Crippen molar-refractivity contribution in [2.24, 2.45) is 0 Å². The number of nitrogens with zero attached hydrogens (tertiary/aromatic N) is 3. The minimum absolute atomic E-state index is 0.164. The van der Waals surface area contributed by atoms with Crippen LogP contribution in [-0.4, -0.2) is 32.8 Å². The standard InChI is InChI=1S/C19H20N4O4/c1-12-5-9-27-16(12)19(25)23-7-6-22-11-15(21-17(22)13(23)2)18(24)20-10-14-4-3-8-26-14/h3-5,8-9,11,13H,6-7,10H2,1-2H3,(H,20,24)/t13-/m1/s1. The zero-order chi connectivity index (χ0) is 19.0. The monoisotopic (exact) mass is 368 g/mol. The van der Waals surface area contributed by atoms with Gasteiger partial charge in [0, 0.05) is 24.8 Å². The van der Waals surface area contributed by atoms with E-state index in [2.05, 4.69) is 10.3 Å². The van der Waals surface area contributed by atoms with Crippen LogP contribution in [0.5, 0.6) is 0 Å². The number of fused-ring (bicyclic) bond motifs is 1. The summed E-state index contributed by atoms with van der Waals surface area (Å²) in [4.78, 5) is 31.4. The van der Waals surface area contributed by atoms with Gasteiger partial charge in [-0.3, -0.25) is 9.59 Å². The van der Waals surface area contributed by atoms with Crippen LogP contribution in [0.2, 0.25) is 0 Å². The lowest BCUT2D eigenvalue weighted by atomic mass is 10.1. The quantitative estimate of drug-likeness (QED) is 0.764. The summed E-state index contributed by atoms with van der Waals surface area (Å²) < 4.78 is 12.5. The van der Waals surface area contributed by atoms with Crippen LogP contribution in [0.15, 0.2) is 45.8 Å². The first-order valence-corrected chi connectivity index (χ1v) is 8.77. The minimum atomic E-state index is -0.278. The van der Waals surface area contributed by atoms with Crippen LogP contribution in [0.4, 0.5) is 0 Å². The normalized spacial score (nSPS) is 16.2. The average molecular weight is 368 g/mol. The Balaban J connectivity index is 1.50. The van der Waals surface area contributed by atoms with Crippen LogP contribution >= 0.6 is 0 Å². The molecule has 8 nitrogen and oxygen atoms in total. The van der Waals surface area contributed by atoms with Crippen LogP contribution in [-0.2, 0) is 13.1 Å². The van der Waals surface area contributed by atoms with Gasteiger partial charge in [-0.05, 0) is 32.0 Å². The van der Waals surface area contributed by atoms with Gasteiger partial charge >= 0.3 is 0 Å². The van der Waals surface area contributed by atoms with Crippen molar-refractivity contribution >= 4 is 11.8 Å². The van der Waals surface area contributed by atoms with Crippen molar-refractivity contribution in [1.82, 2.24) is 19.8 Å². The molecule has 8 heteroatoms. The van der Waals surface area contributed by atoms with Crippen LogP contribution in [0.3, 0.4) is 0 Å². The molecule has 0 spiro atoms. The zero-order valence-electron chi connectivity index (χ0n) is 15.1. The molecule has 0 unspecified atom stereocenters. The van der Waals surface area contributed by atoms with E-state index in [4.69, 9.17) is 8.83 Å². The number of aryl methyl sites for hydroxylation is 1. The molecular weight excluding hydrogens is 348 g/mol. The van der Waals surface area contributed by atoms with Crippen molar-refractivity contribution in [2.45, 2.75) is 33.0 Å². The molecule has 1 N–H and O–H groups in total. The number of aromatic nitrogens is 2. The molecule has 1 aliphatic rings. The Labute approximate surface area is 155 Å². The lowest BCUT2D eigenvalue weighted by Crippen LogP contribution is -2.41. The van der Waals surface area contributed by atoms with Crippen molar-refractivity contribution in [3.63, 3.8) is 0 Å². The van der Waals surface area contributed by atoms with E-state index in [1.165, 1.54) is 6.26 Å². The summed E-state index contributed by atoms with van der Waals surface area (Å²) in [6.45, 7) is 5.14. The topological polar surface area (TPSA) is 93.5 Å². The molecule has 0 aromatic carbocycles. The third-order valence-corrected chi connectivity index (χ3v) is 4.78. The number of furan rings is 2. The molecule has 0 saturated heterocycles. The van der Waals surface area contributed by atoms with E-state index in [0.717, 1.165) is 5.56 Å². The second kappa shape index (κ2) is 6.79.